The maximum absolute atomic E-state index is 10.8. The fraction of sp³-hybridized carbons (Fsp3) is 0.375. The number of carbonyl (C=O) groups is 1. The number of ether oxygens (including phenoxy) is 1. The molecule has 0 aromatic carbocycles. The van der Waals surface area contributed by atoms with Crippen molar-refractivity contribution in [3.05, 3.63) is 23.6 Å². The third-order valence-electron chi connectivity index (χ3n) is 2.06. The SMILES string of the molecule is COC1=C(C)C(N)(C(=O)O)NC=C1. The van der Waals surface area contributed by atoms with Crippen molar-refractivity contribution >= 4 is 5.97 Å². The number of rotatable bonds is 2. The standard InChI is InChI=1S/C8H12N2O3/c1-5-6(13-2)3-4-10-8(5,9)7(11)12/h3-4,10H,9H2,1-2H3,(H,11,12). The fourth-order valence-corrected chi connectivity index (χ4v) is 1.12. The molecular weight excluding hydrogens is 172 g/mol. The van der Waals surface area contributed by atoms with Gasteiger partial charge in [0.05, 0.1) is 7.11 Å². The van der Waals surface area contributed by atoms with Crippen LogP contribution in [0.25, 0.3) is 0 Å². The van der Waals surface area contributed by atoms with Crippen molar-refractivity contribution in [2.45, 2.75) is 12.6 Å². The van der Waals surface area contributed by atoms with E-state index in [1.807, 2.05) is 0 Å². The second-order valence-electron chi connectivity index (χ2n) is 2.78. The molecule has 4 N–H and O–H groups in total. The Bertz CT molecular complexity index is 296. The number of hydrogen-bond donors (Lipinski definition) is 3. The summed E-state index contributed by atoms with van der Waals surface area (Å²) in [5.41, 5.74) is 4.51. The van der Waals surface area contributed by atoms with Gasteiger partial charge in [0.2, 0.25) is 5.66 Å². The summed E-state index contributed by atoms with van der Waals surface area (Å²) in [6, 6.07) is 0. The van der Waals surface area contributed by atoms with E-state index in [1.165, 1.54) is 13.3 Å². The molecule has 5 nitrogen and oxygen atoms in total. The van der Waals surface area contributed by atoms with Crippen LogP contribution in [0.4, 0.5) is 0 Å². The van der Waals surface area contributed by atoms with E-state index in [4.69, 9.17) is 15.6 Å². The number of nitrogens with one attached hydrogen (secondary N) is 1. The molecule has 0 bridgehead atoms. The highest BCUT2D eigenvalue weighted by molar-refractivity contribution is 5.83. The molecule has 5 heteroatoms. The number of carboxylic acid groups (broad SMARTS) is 1. The Labute approximate surface area is 75.9 Å². The topological polar surface area (TPSA) is 84.6 Å². The summed E-state index contributed by atoms with van der Waals surface area (Å²) in [5.74, 6) is -0.660. The molecule has 0 spiro atoms. The van der Waals surface area contributed by atoms with Crippen molar-refractivity contribution in [2.75, 3.05) is 7.11 Å². The number of methoxy groups -OCH3 is 1. The molecule has 72 valence electrons. The molecule has 0 aromatic rings. The minimum Gasteiger partial charge on any atom is -0.497 e. The van der Waals surface area contributed by atoms with Crippen LogP contribution in [0.1, 0.15) is 6.92 Å². The van der Waals surface area contributed by atoms with Crippen LogP contribution in [-0.2, 0) is 9.53 Å². The second kappa shape index (κ2) is 3.10. The van der Waals surface area contributed by atoms with E-state index in [2.05, 4.69) is 5.32 Å². The first-order valence-electron chi connectivity index (χ1n) is 3.74. The van der Waals surface area contributed by atoms with Gasteiger partial charge >= 0.3 is 5.97 Å². The summed E-state index contributed by atoms with van der Waals surface area (Å²) < 4.78 is 4.96. The molecule has 1 aliphatic rings. The van der Waals surface area contributed by atoms with E-state index in [0.717, 1.165) is 0 Å². The van der Waals surface area contributed by atoms with Gasteiger partial charge in [-0.15, -0.1) is 0 Å². The van der Waals surface area contributed by atoms with Gasteiger partial charge in [0, 0.05) is 11.8 Å². The molecule has 13 heavy (non-hydrogen) atoms. The number of aliphatic carboxylic acids is 1. The predicted molar refractivity (Wildman–Crippen MR) is 46.5 cm³/mol. The zero-order valence-electron chi connectivity index (χ0n) is 7.50. The molecule has 1 heterocycles. The zero-order chi connectivity index (χ0) is 10.1. The highest BCUT2D eigenvalue weighted by atomic mass is 16.5. The van der Waals surface area contributed by atoms with Gasteiger partial charge in [-0.1, -0.05) is 0 Å². The molecule has 0 saturated heterocycles. The summed E-state index contributed by atoms with van der Waals surface area (Å²) in [4.78, 5) is 10.8. The first kappa shape index (κ1) is 9.60. The maximum Gasteiger partial charge on any atom is 0.349 e. The van der Waals surface area contributed by atoms with Crippen molar-refractivity contribution in [2.24, 2.45) is 5.73 Å². The zero-order valence-corrected chi connectivity index (χ0v) is 7.50. The molecule has 1 unspecified atom stereocenters. The number of dihydropyridines is 1. The average molecular weight is 184 g/mol. The summed E-state index contributed by atoms with van der Waals surface area (Å²) in [6.07, 6.45) is 3.09. The van der Waals surface area contributed by atoms with Gasteiger partial charge in [0.1, 0.15) is 5.76 Å². The third-order valence-corrected chi connectivity index (χ3v) is 2.06. The van der Waals surface area contributed by atoms with E-state index in [-0.39, 0.29) is 0 Å². The summed E-state index contributed by atoms with van der Waals surface area (Å²) >= 11 is 0. The summed E-state index contributed by atoms with van der Waals surface area (Å²) in [7, 11) is 1.47. The average Bonchev–Trinajstić information content (AvgIpc) is 2.09. The normalized spacial score (nSPS) is 27.0. The maximum atomic E-state index is 10.8. The van der Waals surface area contributed by atoms with Gasteiger partial charge in [-0.25, -0.2) is 4.79 Å². The molecular formula is C8H12N2O3. The van der Waals surface area contributed by atoms with Crippen LogP contribution in [0.2, 0.25) is 0 Å². The molecule has 0 saturated carbocycles. The van der Waals surface area contributed by atoms with Crippen LogP contribution in [0.5, 0.6) is 0 Å². The molecule has 0 aromatic heterocycles. The number of allylic oxidation sites excluding steroid dienone is 1. The Kier molecular flexibility index (Phi) is 2.29. The van der Waals surface area contributed by atoms with Crippen LogP contribution in [0.3, 0.4) is 0 Å². The van der Waals surface area contributed by atoms with Crippen molar-refractivity contribution < 1.29 is 14.6 Å². The highest BCUT2D eigenvalue weighted by Crippen LogP contribution is 2.20. The van der Waals surface area contributed by atoms with Gasteiger partial charge in [-0.3, -0.25) is 5.73 Å². The Hall–Kier alpha value is -1.49. The van der Waals surface area contributed by atoms with Crippen molar-refractivity contribution in [3.63, 3.8) is 0 Å². The molecule has 0 fully saturated rings. The lowest BCUT2D eigenvalue weighted by atomic mass is 9.98. The van der Waals surface area contributed by atoms with Gasteiger partial charge in [0.25, 0.3) is 0 Å². The predicted octanol–water partition coefficient (Wildman–Crippen LogP) is -0.237. The molecule has 1 rings (SSSR count). The second-order valence-corrected chi connectivity index (χ2v) is 2.78. The Morgan fingerprint density at radius 2 is 2.38 bits per heavy atom. The molecule has 1 aliphatic heterocycles. The van der Waals surface area contributed by atoms with E-state index in [9.17, 15) is 4.79 Å². The lowest BCUT2D eigenvalue weighted by molar-refractivity contribution is -0.142. The highest BCUT2D eigenvalue weighted by Gasteiger charge is 2.38. The van der Waals surface area contributed by atoms with Crippen LogP contribution < -0.4 is 11.1 Å². The quantitative estimate of drug-likeness (QED) is 0.551. The molecule has 0 amide bonds. The number of carboxylic acids is 1. The van der Waals surface area contributed by atoms with Gasteiger partial charge < -0.3 is 15.2 Å². The number of hydrogen-bond acceptors (Lipinski definition) is 4. The summed E-state index contributed by atoms with van der Waals surface area (Å²) in [6.45, 7) is 1.61. The van der Waals surface area contributed by atoms with Crippen LogP contribution in [-0.4, -0.2) is 23.8 Å². The van der Waals surface area contributed by atoms with Crippen molar-refractivity contribution in [3.8, 4) is 0 Å². The third kappa shape index (κ3) is 1.38. The molecule has 0 aliphatic carbocycles. The van der Waals surface area contributed by atoms with Crippen molar-refractivity contribution in [1.29, 1.82) is 0 Å². The summed E-state index contributed by atoms with van der Waals surface area (Å²) in [5, 5.41) is 11.4. The Morgan fingerprint density at radius 1 is 1.77 bits per heavy atom. The van der Waals surface area contributed by atoms with E-state index in [0.29, 0.717) is 11.3 Å². The van der Waals surface area contributed by atoms with Gasteiger partial charge in [-0.05, 0) is 13.0 Å². The molecule has 0 radical (unpaired) electrons. The van der Waals surface area contributed by atoms with E-state index >= 15 is 0 Å². The van der Waals surface area contributed by atoms with Crippen LogP contribution in [0, 0.1) is 0 Å². The van der Waals surface area contributed by atoms with Crippen LogP contribution >= 0.6 is 0 Å². The Balaban J connectivity index is 3.12. The smallest absolute Gasteiger partial charge is 0.349 e. The lowest BCUT2D eigenvalue weighted by Gasteiger charge is -2.29. The van der Waals surface area contributed by atoms with Crippen LogP contribution in [0.15, 0.2) is 23.6 Å². The first-order chi connectivity index (χ1) is 6.02. The minimum absolute atomic E-state index is 0.449. The largest absolute Gasteiger partial charge is 0.497 e. The minimum atomic E-state index is -1.56. The first-order valence-corrected chi connectivity index (χ1v) is 3.74. The van der Waals surface area contributed by atoms with E-state index < -0.39 is 11.6 Å². The lowest BCUT2D eigenvalue weighted by Crippen LogP contribution is -2.60. The van der Waals surface area contributed by atoms with E-state index in [1.54, 1.807) is 13.0 Å². The van der Waals surface area contributed by atoms with Gasteiger partial charge in [0.15, 0.2) is 0 Å². The Morgan fingerprint density at radius 3 is 2.85 bits per heavy atom. The monoisotopic (exact) mass is 184 g/mol. The fourth-order valence-electron chi connectivity index (χ4n) is 1.12. The van der Waals surface area contributed by atoms with Crippen molar-refractivity contribution in [1.82, 2.24) is 5.32 Å². The van der Waals surface area contributed by atoms with Gasteiger partial charge in [-0.2, -0.15) is 0 Å². The molecule has 1 atom stereocenters. The number of nitrogens with two attached hydrogens (primary N) is 1.